The van der Waals surface area contributed by atoms with Gasteiger partial charge in [0.15, 0.2) is 6.61 Å². The second kappa shape index (κ2) is 7.02. The van der Waals surface area contributed by atoms with E-state index >= 15 is 0 Å². The van der Waals surface area contributed by atoms with Crippen LogP contribution in [0.2, 0.25) is 0 Å². The molecule has 1 aliphatic carbocycles. The number of benzene rings is 1. The Hall–Kier alpha value is -2.04. The lowest BCUT2D eigenvalue weighted by atomic mass is 9.95. The van der Waals surface area contributed by atoms with Crippen LogP contribution in [0.15, 0.2) is 24.3 Å². The molecule has 1 saturated carbocycles. The lowest BCUT2D eigenvalue weighted by molar-refractivity contribution is -0.139. The second-order valence-corrected chi connectivity index (χ2v) is 6.46. The monoisotopic (exact) mass is 317 g/mol. The molecule has 0 spiro atoms. The Morgan fingerprint density at radius 1 is 1.17 bits per heavy atom. The van der Waals surface area contributed by atoms with Crippen LogP contribution in [0.25, 0.3) is 0 Å². The summed E-state index contributed by atoms with van der Waals surface area (Å²) in [5.74, 6) is 0.0884. The lowest BCUT2D eigenvalue weighted by Crippen LogP contribution is -2.39. The van der Waals surface area contributed by atoms with Gasteiger partial charge < -0.3 is 14.7 Å². The molecule has 1 unspecified atom stereocenters. The van der Waals surface area contributed by atoms with Crippen molar-refractivity contribution in [2.75, 3.05) is 13.2 Å². The van der Waals surface area contributed by atoms with E-state index in [0.717, 1.165) is 19.4 Å². The predicted molar refractivity (Wildman–Crippen MR) is 85.6 cm³/mol. The summed E-state index contributed by atoms with van der Waals surface area (Å²) in [7, 11) is 0. The zero-order chi connectivity index (χ0) is 16.2. The van der Waals surface area contributed by atoms with E-state index in [4.69, 9.17) is 9.84 Å². The summed E-state index contributed by atoms with van der Waals surface area (Å²) < 4.78 is 5.18. The highest BCUT2D eigenvalue weighted by molar-refractivity contribution is 5.95. The average molecular weight is 317 g/mol. The van der Waals surface area contributed by atoms with Crippen LogP contribution in [0.4, 0.5) is 0 Å². The quantitative estimate of drug-likeness (QED) is 0.906. The first kappa shape index (κ1) is 15.8. The van der Waals surface area contributed by atoms with E-state index in [1.165, 1.54) is 25.7 Å². The van der Waals surface area contributed by atoms with Gasteiger partial charge >= 0.3 is 5.97 Å². The lowest BCUT2D eigenvalue weighted by Gasteiger charge is -2.29. The summed E-state index contributed by atoms with van der Waals surface area (Å²) in [6.45, 7) is 0.423. The van der Waals surface area contributed by atoms with Crippen molar-refractivity contribution < 1.29 is 19.4 Å². The smallest absolute Gasteiger partial charge is 0.341 e. The molecule has 5 heteroatoms. The fraction of sp³-hybridized carbons (Fsp3) is 0.556. The number of rotatable bonds is 5. The molecule has 124 valence electrons. The normalized spacial score (nSPS) is 21.6. The molecule has 0 aromatic heterocycles. The number of aliphatic carboxylic acids is 1. The number of carboxylic acids is 1. The standard InChI is InChI=1S/C18H23NO4/c20-17(21)12-23-15-8-3-7-14(11-15)18(22)19-10-4-9-16(19)13-5-1-2-6-13/h3,7-8,11,13,16H,1-2,4-6,9-10,12H2,(H,20,21). The minimum absolute atomic E-state index is 0.0418. The summed E-state index contributed by atoms with van der Waals surface area (Å²) in [6, 6.07) is 7.21. The van der Waals surface area contributed by atoms with Gasteiger partial charge in [-0.1, -0.05) is 18.9 Å². The van der Waals surface area contributed by atoms with Gasteiger partial charge in [-0.3, -0.25) is 4.79 Å². The van der Waals surface area contributed by atoms with Crippen LogP contribution in [0.1, 0.15) is 48.9 Å². The fourth-order valence-electron chi connectivity index (χ4n) is 3.91. The molecule has 1 aliphatic heterocycles. The highest BCUT2D eigenvalue weighted by Crippen LogP contribution is 2.36. The third-order valence-corrected chi connectivity index (χ3v) is 4.95. The van der Waals surface area contributed by atoms with E-state index in [-0.39, 0.29) is 5.91 Å². The highest BCUT2D eigenvalue weighted by atomic mass is 16.5. The van der Waals surface area contributed by atoms with Crippen molar-refractivity contribution in [3.05, 3.63) is 29.8 Å². The van der Waals surface area contributed by atoms with Gasteiger partial charge in [0.1, 0.15) is 5.75 Å². The van der Waals surface area contributed by atoms with Crippen LogP contribution in [0.5, 0.6) is 5.75 Å². The zero-order valence-corrected chi connectivity index (χ0v) is 13.2. The van der Waals surface area contributed by atoms with Crippen molar-refractivity contribution in [2.45, 2.75) is 44.6 Å². The van der Waals surface area contributed by atoms with Crippen LogP contribution in [-0.2, 0) is 4.79 Å². The average Bonchev–Trinajstić information content (AvgIpc) is 3.23. The van der Waals surface area contributed by atoms with Crippen LogP contribution in [-0.4, -0.2) is 41.1 Å². The largest absolute Gasteiger partial charge is 0.482 e. The number of hydrogen-bond donors (Lipinski definition) is 1. The number of amides is 1. The molecule has 3 rings (SSSR count). The predicted octanol–water partition coefficient (Wildman–Crippen LogP) is 2.94. The summed E-state index contributed by atoms with van der Waals surface area (Å²) in [5.41, 5.74) is 0.581. The van der Waals surface area contributed by atoms with Crippen LogP contribution >= 0.6 is 0 Å². The molecule has 5 nitrogen and oxygen atoms in total. The molecule has 1 aromatic carbocycles. The van der Waals surface area contributed by atoms with Gasteiger partial charge in [-0.05, 0) is 49.8 Å². The number of nitrogens with zero attached hydrogens (tertiary/aromatic N) is 1. The topological polar surface area (TPSA) is 66.8 Å². The number of carboxylic acid groups (broad SMARTS) is 1. The van der Waals surface area contributed by atoms with Gasteiger partial charge in [0.25, 0.3) is 5.91 Å². The van der Waals surface area contributed by atoms with Crippen LogP contribution < -0.4 is 4.74 Å². The van der Waals surface area contributed by atoms with Crippen molar-refractivity contribution >= 4 is 11.9 Å². The molecule has 1 atom stereocenters. The maximum absolute atomic E-state index is 12.9. The van der Waals surface area contributed by atoms with Crippen molar-refractivity contribution in [3.63, 3.8) is 0 Å². The summed E-state index contributed by atoms with van der Waals surface area (Å²) in [5, 5.41) is 8.68. The van der Waals surface area contributed by atoms with Crippen molar-refractivity contribution in [2.24, 2.45) is 5.92 Å². The molecule has 1 saturated heterocycles. The SMILES string of the molecule is O=C(O)COc1cccc(C(=O)N2CCCC2C2CCCC2)c1. The number of carbonyl (C=O) groups is 2. The molecule has 1 aromatic rings. The second-order valence-electron chi connectivity index (χ2n) is 6.46. The summed E-state index contributed by atoms with van der Waals surface area (Å²) in [6.07, 6.45) is 7.20. The zero-order valence-electron chi connectivity index (χ0n) is 13.2. The van der Waals surface area contributed by atoms with Gasteiger partial charge in [-0.15, -0.1) is 0 Å². The number of likely N-dealkylation sites (tertiary alicyclic amines) is 1. The van der Waals surface area contributed by atoms with E-state index in [2.05, 4.69) is 0 Å². The Morgan fingerprint density at radius 2 is 1.96 bits per heavy atom. The fourth-order valence-corrected chi connectivity index (χ4v) is 3.91. The van der Waals surface area contributed by atoms with E-state index in [1.807, 2.05) is 4.90 Å². The third-order valence-electron chi connectivity index (χ3n) is 4.95. The minimum Gasteiger partial charge on any atom is -0.482 e. The molecule has 23 heavy (non-hydrogen) atoms. The van der Waals surface area contributed by atoms with E-state index in [1.54, 1.807) is 24.3 Å². The Kier molecular flexibility index (Phi) is 4.84. The minimum atomic E-state index is -1.03. The first-order chi connectivity index (χ1) is 11.1. The Morgan fingerprint density at radius 3 is 2.70 bits per heavy atom. The van der Waals surface area contributed by atoms with Crippen LogP contribution in [0, 0.1) is 5.92 Å². The molecule has 0 radical (unpaired) electrons. The first-order valence-electron chi connectivity index (χ1n) is 8.41. The summed E-state index contributed by atoms with van der Waals surface area (Å²) in [4.78, 5) is 25.5. The van der Waals surface area contributed by atoms with Gasteiger partial charge in [0.05, 0.1) is 0 Å². The highest BCUT2D eigenvalue weighted by Gasteiger charge is 2.36. The Labute approximate surface area is 136 Å². The van der Waals surface area contributed by atoms with E-state index in [9.17, 15) is 9.59 Å². The maximum atomic E-state index is 12.9. The number of carbonyl (C=O) groups excluding carboxylic acids is 1. The molecule has 2 aliphatic rings. The molecular formula is C18H23NO4. The van der Waals surface area contributed by atoms with Gasteiger partial charge in [-0.2, -0.15) is 0 Å². The Balaban J connectivity index is 1.71. The summed E-state index contributed by atoms with van der Waals surface area (Å²) >= 11 is 0. The Bertz CT molecular complexity index is 580. The van der Waals surface area contributed by atoms with Gasteiger partial charge in [0, 0.05) is 18.2 Å². The van der Waals surface area contributed by atoms with E-state index in [0.29, 0.717) is 23.3 Å². The molecule has 2 fully saturated rings. The van der Waals surface area contributed by atoms with Crippen molar-refractivity contribution in [3.8, 4) is 5.75 Å². The van der Waals surface area contributed by atoms with Crippen molar-refractivity contribution in [1.82, 2.24) is 4.90 Å². The number of ether oxygens (including phenoxy) is 1. The number of hydrogen-bond acceptors (Lipinski definition) is 3. The molecule has 1 heterocycles. The van der Waals surface area contributed by atoms with Crippen molar-refractivity contribution in [1.29, 1.82) is 0 Å². The molecule has 1 N–H and O–H groups in total. The third kappa shape index (κ3) is 3.66. The maximum Gasteiger partial charge on any atom is 0.341 e. The molecule has 1 amide bonds. The van der Waals surface area contributed by atoms with Gasteiger partial charge in [0.2, 0.25) is 0 Å². The van der Waals surface area contributed by atoms with E-state index < -0.39 is 12.6 Å². The van der Waals surface area contributed by atoms with Crippen LogP contribution in [0.3, 0.4) is 0 Å². The van der Waals surface area contributed by atoms with Gasteiger partial charge in [-0.25, -0.2) is 4.79 Å². The first-order valence-corrected chi connectivity index (χ1v) is 8.41. The molecule has 0 bridgehead atoms. The molecular weight excluding hydrogens is 294 g/mol.